The van der Waals surface area contributed by atoms with Crippen molar-refractivity contribution in [3.8, 4) is 5.75 Å². The molecule has 19 heavy (non-hydrogen) atoms. The SMILES string of the molecule is COc1ccccc1[C@H](C)B1OC(C)(C)C(C)(C)O1. The molecule has 1 saturated heterocycles. The third kappa shape index (κ3) is 2.52. The molecule has 0 aromatic heterocycles. The van der Waals surface area contributed by atoms with Gasteiger partial charge in [-0.15, -0.1) is 0 Å². The van der Waals surface area contributed by atoms with E-state index in [4.69, 9.17) is 14.0 Å². The number of hydrogen-bond acceptors (Lipinski definition) is 3. The summed E-state index contributed by atoms with van der Waals surface area (Å²) in [5.74, 6) is 1.00. The second-order valence-corrected chi connectivity index (χ2v) is 6.16. The Kier molecular flexibility index (Phi) is 3.67. The second-order valence-electron chi connectivity index (χ2n) is 6.16. The Balaban J connectivity index is 2.24. The zero-order valence-corrected chi connectivity index (χ0v) is 12.7. The van der Waals surface area contributed by atoms with Gasteiger partial charge in [0.25, 0.3) is 0 Å². The Morgan fingerprint density at radius 1 is 1.05 bits per heavy atom. The first-order valence-corrected chi connectivity index (χ1v) is 6.77. The normalized spacial score (nSPS) is 22.3. The van der Waals surface area contributed by atoms with Gasteiger partial charge in [0.2, 0.25) is 0 Å². The molecule has 0 unspecified atom stereocenters. The summed E-state index contributed by atoms with van der Waals surface area (Å²) in [6, 6.07) is 8.02. The minimum atomic E-state index is -0.298. The minimum absolute atomic E-state index is 0.122. The summed E-state index contributed by atoms with van der Waals surface area (Å²) in [4.78, 5) is 0. The predicted molar refractivity (Wildman–Crippen MR) is 77.5 cm³/mol. The van der Waals surface area contributed by atoms with Gasteiger partial charge in [0, 0.05) is 5.82 Å². The van der Waals surface area contributed by atoms with E-state index in [0.29, 0.717) is 0 Å². The molecule has 1 fully saturated rings. The van der Waals surface area contributed by atoms with Crippen molar-refractivity contribution in [2.24, 2.45) is 0 Å². The predicted octanol–water partition coefficient (Wildman–Crippen LogP) is 3.43. The van der Waals surface area contributed by atoms with Crippen LogP contribution in [0.1, 0.15) is 46.0 Å². The third-order valence-corrected chi connectivity index (χ3v) is 4.31. The average Bonchev–Trinajstić information content (AvgIpc) is 2.57. The number of hydrogen-bond donors (Lipinski definition) is 0. The van der Waals surface area contributed by atoms with Crippen molar-refractivity contribution in [2.75, 3.05) is 7.11 Å². The highest BCUT2D eigenvalue weighted by Crippen LogP contribution is 2.41. The summed E-state index contributed by atoms with van der Waals surface area (Å²) in [5, 5.41) is 0. The Labute approximate surface area is 116 Å². The van der Waals surface area contributed by atoms with Crippen LogP contribution < -0.4 is 4.74 Å². The first kappa shape index (κ1) is 14.4. The monoisotopic (exact) mass is 262 g/mol. The summed E-state index contributed by atoms with van der Waals surface area (Å²) in [6.45, 7) is 10.4. The summed E-state index contributed by atoms with van der Waals surface area (Å²) >= 11 is 0. The molecule has 0 saturated carbocycles. The van der Waals surface area contributed by atoms with Crippen molar-refractivity contribution in [1.29, 1.82) is 0 Å². The molecule has 1 atom stereocenters. The summed E-state index contributed by atoms with van der Waals surface area (Å²) in [5.41, 5.74) is 0.519. The first-order valence-electron chi connectivity index (χ1n) is 6.77. The lowest BCUT2D eigenvalue weighted by Gasteiger charge is -2.32. The lowest BCUT2D eigenvalue weighted by Crippen LogP contribution is -2.41. The molecule has 1 heterocycles. The van der Waals surface area contributed by atoms with Crippen LogP contribution in [-0.4, -0.2) is 25.4 Å². The van der Waals surface area contributed by atoms with E-state index < -0.39 is 0 Å². The van der Waals surface area contributed by atoms with Crippen LogP contribution >= 0.6 is 0 Å². The minimum Gasteiger partial charge on any atom is -0.496 e. The molecule has 4 heteroatoms. The van der Waals surface area contributed by atoms with Gasteiger partial charge in [-0.2, -0.15) is 0 Å². The maximum absolute atomic E-state index is 6.10. The van der Waals surface area contributed by atoms with Crippen LogP contribution in [0.2, 0.25) is 0 Å². The van der Waals surface area contributed by atoms with Crippen LogP contribution in [-0.2, 0) is 9.31 Å². The zero-order chi connectivity index (χ0) is 14.3. The fourth-order valence-electron chi connectivity index (χ4n) is 2.28. The van der Waals surface area contributed by atoms with Gasteiger partial charge in [-0.05, 0) is 39.3 Å². The van der Waals surface area contributed by atoms with E-state index in [1.54, 1.807) is 7.11 Å². The molecule has 0 aliphatic carbocycles. The molecule has 0 spiro atoms. The number of rotatable bonds is 3. The highest BCUT2D eigenvalue weighted by molar-refractivity contribution is 6.47. The highest BCUT2D eigenvalue weighted by Gasteiger charge is 2.53. The molecule has 1 aliphatic rings. The molecule has 1 aromatic carbocycles. The quantitative estimate of drug-likeness (QED) is 0.781. The molecule has 1 aliphatic heterocycles. The Morgan fingerprint density at radius 3 is 2.11 bits per heavy atom. The van der Waals surface area contributed by atoms with Gasteiger partial charge in [-0.25, -0.2) is 0 Å². The van der Waals surface area contributed by atoms with Crippen LogP contribution in [0, 0.1) is 0 Å². The number of methoxy groups -OCH3 is 1. The Bertz CT molecular complexity index is 440. The zero-order valence-electron chi connectivity index (χ0n) is 12.7. The van der Waals surface area contributed by atoms with Gasteiger partial charge in [-0.3, -0.25) is 0 Å². The number of para-hydroxylation sites is 1. The molecule has 0 bridgehead atoms. The van der Waals surface area contributed by atoms with Crippen LogP contribution in [0.5, 0.6) is 5.75 Å². The smallest absolute Gasteiger partial charge is 0.465 e. The van der Waals surface area contributed by atoms with Crippen molar-refractivity contribution < 1.29 is 14.0 Å². The van der Waals surface area contributed by atoms with Crippen molar-refractivity contribution in [1.82, 2.24) is 0 Å². The lowest BCUT2D eigenvalue weighted by molar-refractivity contribution is 0.00578. The van der Waals surface area contributed by atoms with Gasteiger partial charge < -0.3 is 14.0 Å². The van der Waals surface area contributed by atoms with Gasteiger partial charge in [0.05, 0.1) is 18.3 Å². The Morgan fingerprint density at radius 2 is 1.58 bits per heavy atom. The average molecular weight is 262 g/mol. The summed E-state index contributed by atoms with van der Waals surface area (Å²) in [7, 11) is 1.44. The fourth-order valence-corrected chi connectivity index (χ4v) is 2.28. The van der Waals surface area contributed by atoms with Gasteiger partial charge in [0.1, 0.15) is 5.75 Å². The van der Waals surface area contributed by atoms with Gasteiger partial charge in [0.15, 0.2) is 0 Å². The number of benzene rings is 1. The van der Waals surface area contributed by atoms with Crippen LogP contribution in [0.4, 0.5) is 0 Å². The van der Waals surface area contributed by atoms with Crippen molar-refractivity contribution in [3.63, 3.8) is 0 Å². The van der Waals surface area contributed by atoms with Crippen LogP contribution in [0.25, 0.3) is 0 Å². The van der Waals surface area contributed by atoms with Crippen LogP contribution in [0.3, 0.4) is 0 Å². The van der Waals surface area contributed by atoms with E-state index in [2.05, 4.69) is 40.7 Å². The maximum atomic E-state index is 6.10. The molecular weight excluding hydrogens is 239 g/mol. The molecule has 0 radical (unpaired) electrons. The van der Waals surface area contributed by atoms with E-state index in [1.807, 2.05) is 18.2 Å². The van der Waals surface area contributed by atoms with E-state index >= 15 is 0 Å². The number of ether oxygens (including phenoxy) is 1. The third-order valence-electron chi connectivity index (χ3n) is 4.31. The van der Waals surface area contributed by atoms with Crippen molar-refractivity contribution in [3.05, 3.63) is 29.8 Å². The largest absolute Gasteiger partial charge is 0.496 e. The first-order chi connectivity index (χ1) is 8.78. The maximum Gasteiger partial charge on any atom is 0.465 e. The van der Waals surface area contributed by atoms with Crippen molar-refractivity contribution >= 4 is 7.12 Å². The molecule has 1 aromatic rings. The lowest BCUT2D eigenvalue weighted by atomic mass is 9.69. The fraction of sp³-hybridized carbons (Fsp3) is 0.600. The summed E-state index contributed by atoms with van der Waals surface area (Å²) < 4.78 is 17.6. The van der Waals surface area contributed by atoms with E-state index in [1.165, 1.54) is 0 Å². The standard InChI is InChI=1S/C15H23BO3/c1-11(12-9-7-8-10-13(12)17-6)16-18-14(2,3)15(4,5)19-16/h7-11H,1-6H3/t11-/m0/s1. The second kappa shape index (κ2) is 4.84. The molecule has 2 rings (SSSR count). The molecule has 0 amide bonds. The molecule has 104 valence electrons. The topological polar surface area (TPSA) is 27.7 Å². The van der Waals surface area contributed by atoms with Crippen molar-refractivity contribution in [2.45, 2.75) is 51.6 Å². The van der Waals surface area contributed by atoms with E-state index in [0.717, 1.165) is 11.3 Å². The van der Waals surface area contributed by atoms with Gasteiger partial charge >= 0.3 is 7.12 Å². The molecule has 0 N–H and O–H groups in total. The van der Waals surface area contributed by atoms with Crippen LogP contribution in [0.15, 0.2) is 24.3 Å². The summed E-state index contributed by atoms with van der Waals surface area (Å²) in [6.07, 6.45) is 0. The highest BCUT2D eigenvalue weighted by atomic mass is 16.7. The van der Waals surface area contributed by atoms with E-state index in [9.17, 15) is 0 Å². The van der Waals surface area contributed by atoms with Gasteiger partial charge in [-0.1, -0.05) is 25.1 Å². The van der Waals surface area contributed by atoms with E-state index in [-0.39, 0.29) is 24.1 Å². The Hall–Kier alpha value is -0.995. The molecule has 3 nitrogen and oxygen atoms in total. The molecular formula is C15H23BO3.